The molecule has 0 saturated heterocycles. The Kier molecular flexibility index (Phi) is 8.71. The Balaban J connectivity index is 1.33. The van der Waals surface area contributed by atoms with Gasteiger partial charge in [0, 0.05) is 44.8 Å². The number of nitriles is 4. The van der Waals surface area contributed by atoms with E-state index in [2.05, 4.69) is 87.0 Å². The quantitative estimate of drug-likeness (QED) is 0.106. The SMILES string of the molecule is Cc1ccc(C2(c3ccc(C)cc3)c3cc(-c4sc(/C=C5\C(=O)c6cc(C#N)c(C#N)cc6C5=C(C#N)C#N)c5nc(C)c(C)nc45)sc3-c3c2c(S)c(C)n3C)cc1. The molecule has 0 aliphatic heterocycles. The summed E-state index contributed by atoms with van der Waals surface area (Å²) in [7, 11) is 2.09. The average molecular weight is 818 g/mol. The number of thiol groups is 1. The van der Waals surface area contributed by atoms with E-state index in [0.717, 1.165) is 75.7 Å². The van der Waals surface area contributed by atoms with Gasteiger partial charge in [-0.2, -0.15) is 21.0 Å². The van der Waals surface area contributed by atoms with Gasteiger partial charge in [0.15, 0.2) is 5.78 Å². The Morgan fingerprint density at radius 3 is 1.88 bits per heavy atom. The standard InChI is InChI=1S/C48H31N7OS3/c1-23-7-11-31(12-8-23)48(32-13-9-24(2)10-14-32)36-18-38(59-46(36)43-40(48)45(57)27(5)55(43)6)47-42-41(53-25(3)26(4)54-42)37(58-47)17-35-39(30(21-51)22-52)33-15-28(19-49)29(20-50)16-34(33)44(35)56/h7-18,57H,1-6H3/b35-17-. The van der Waals surface area contributed by atoms with Crippen molar-refractivity contribution in [2.75, 3.05) is 0 Å². The van der Waals surface area contributed by atoms with Gasteiger partial charge in [0.2, 0.25) is 0 Å². The third-order valence-corrected chi connectivity index (χ3v) is 14.7. The molecule has 0 spiro atoms. The number of benzene rings is 3. The van der Waals surface area contributed by atoms with Crippen molar-refractivity contribution in [1.82, 2.24) is 14.5 Å². The molecule has 3 aromatic carbocycles. The molecule has 59 heavy (non-hydrogen) atoms. The molecule has 282 valence electrons. The van der Waals surface area contributed by atoms with Crippen LogP contribution in [0.1, 0.15) is 82.4 Å². The van der Waals surface area contributed by atoms with Crippen LogP contribution in [0.3, 0.4) is 0 Å². The number of carbonyl (C=O) groups excluding carboxylic acids is 1. The number of aryl methyl sites for hydroxylation is 4. The number of nitrogens with zero attached hydrogens (tertiary/aromatic N) is 7. The molecule has 0 radical (unpaired) electrons. The van der Waals surface area contributed by atoms with Crippen molar-refractivity contribution in [3.8, 4) is 44.6 Å². The molecule has 0 saturated carbocycles. The topological polar surface area (TPSA) is 143 Å². The molecule has 11 heteroatoms. The summed E-state index contributed by atoms with van der Waals surface area (Å²) in [4.78, 5) is 28.9. The van der Waals surface area contributed by atoms with Crippen molar-refractivity contribution in [2.24, 2.45) is 7.05 Å². The number of allylic oxidation sites excluding steroid dienone is 3. The van der Waals surface area contributed by atoms with Gasteiger partial charge in [0.05, 0.1) is 48.3 Å². The third kappa shape index (κ3) is 5.27. The van der Waals surface area contributed by atoms with E-state index in [1.54, 1.807) is 17.4 Å². The Bertz CT molecular complexity index is 3230. The zero-order chi connectivity index (χ0) is 41.7. The number of aromatic nitrogens is 3. The fourth-order valence-electron chi connectivity index (χ4n) is 8.54. The summed E-state index contributed by atoms with van der Waals surface area (Å²) < 4.78 is 2.24. The molecule has 7 aromatic rings. The second kappa shape index (κ2) is 13.6. The minimum atomic E-state index is -0.683. The molecule has 4 aromatic heterocycles. The number of carbonyl (C=O) groups is 1. The van der Waals surface area contributed by atoms with Gasteiger partial charge in [-0.05, 0) is 81.1 Å². The number of rotatable bonds is 4. The van der Waals surface area contributed by atoms with E-state index in [1.807, 2.05) is 38.1 Å². The molecule has 9 rings (SSSR count). The molecule has 0 unspecified atom stereocenters. The molecule has 0 amide bonds. The fourth-order valence-corrected chi connectivity index (χ4v) is 11.5. The molecule has 0 atom stereocenters. The molecule has 2 aliphatic rings. The summed E-state index contributed by atoms with van der Waals surface area (Å²) in [6.45, 7) is 10.1. The predicted molar refractivity (Wildman–Crippen MR) is 234 cm³/mol. The van der Waals surface area contributed by atoms with Crippen molar-refractivity contribution in [1.29, 1.82) is 21.0 Å². The van der Waals surface area contributed by atoms with Crippen molar-refractivity contribution in [3.63, 3.8) is 0 Å². The van der Waals surface area contributed by atoms with Gasteiger partial charge in [-0.25, -0.2) is 9.97 Å². The van der Waals surface area contributed by atoms with Crippen LogP contribution in [0.4, 0.5) is 0 Å². The lowest BCUT2D eigenvalue weighted by Crippen LogP contribution is -2.28. The highest BCUT2D eigenvalue weighted by Crippen LogP contribution is 2.63. The fraction of sp³-hybridized carbons (Fsp3) is 0.146. The lowest BCUT2D eigenvalue weighted by molar-refractivity contribution is 0.104. The maximum Gasteiger partial charge on any atom is 0.194 e. The number of Topliss-reactive ketones (excluding diaryl/α,β-unsaturated/α-hetero) is 1. The number of hydrogen-bond donors (Lipinski definition) is 1. The first-order valence-corrected chi connectivity index (χ1v) is 20.7. The Morgan fingerprint density at radius 2 is 1.32 bits per heavy atom. The predicted octanol–water partition coefficient (Wildman–Crippen LogP) is 10.8. The highest BCUT2D eigenvalue weighted by Gasteiger charge is 2.51. The monoisotopic (exact) mass is 817 g/mol. The normalized spacial score (nSPS) is 14.1. The zero-order valence-electron chi connectivity index (χ0n) is 32.7. The Morgan fingerprint density at radius 1 is 0.763 bits per heavy atom. The minimum Gasteiger partial charge on any atom is -0.346 e. The van der Waals surface area contributed by atoms with Crippen molar-refractivity contribution in [2.45, 2.75) is 44.9 Å². The number of hydrogen-bond acceptors (Lipinski definition) is 10. The number of ketones is 1. The minimum absolute atomic E-state index is 0.0381. The highest BCUT2D eigenvalue weighted by atomic mass is 32.1. The summed E-state index contributed by atoms with van der Waals surface area (Å²) in [5.41, 5.74) is 11.6. The smallest absolute Gasteiger partial charge is 0.194 e. The van der Waals surface area contributed by atoms with Crippen molar-refractivity contribution in [3.05, 3.63) is 155 Å². The summed E-state index contributed by atoms with van der Waals surface area (Å²) in [6.07, 6.45) is 1.68. The molecule has 0 bridgehead atoms. The largest absolute Gasteiger partial charge is 0.346 e. The molecule has 2 aliphatic carbocycles. The van der Waals surface area contributed by atoms with Gasteiger partial charge in [-0.15, -0.1) is 35.3 Å². The van der Waals surface area contributed by atoms with E-state index in [4.69, 9.17) is 22.6 Å². The average Bonchev–Trinajstić information content (AvgIpc) is 4.00. The lowest BCUT2D eigenvalue weighted by atomic mass is 9.68. The van der Waals surface area contributed by atoms with Crippen LogP contribution in [-0.2, 0) is 12.5 Å². The molecular weight excluding hydrogens is 787 g/mol. The van der Waals surface area contributed by atoms with Crippen LogP contribution in [0.25, 0.3) is 43.0 Å². The van der Waals surface area contributed by atoms with E-state index >= 15 is 0 Å². The van der Waals surface area contributed by atoms with Crippen LogP contribution in [0, 0.1) is 79.9 Å². The zero-order valence-corrected chi connectivity index (χ0v) is 35.3. The van der Waals surface area contributed by atoms with Crippen LogP contribution < -0.4 is 0 Å². The number of fused-ring (bicyclic) bond motifs is 5. The summed E-state index contributed by atoms with van der Waals surface area (Å²) in [5, 5.41) is 39.8. The van der Waals surface area contributed by atoms with E-state index in [-0.39, 0.29) is 39.0 Å². The first-order valence-electron chi connectivity index (χ1n) is 18.6. The summed E-state index contributed by atoms with van der Waals surface area (Å²) in [5.74, 6) is -0.455. The van der Waals surface area contributed by atoms with E-state index in [1.165, 1.54) is 23.5 Å². The van der Waals surface area contributed by atoms with Crippen LogP contribution in [-0.4, -0.2) is 20.3 Å². The first kappa shape index (κ1) is 37.7. The van der Waals surface area contributed by atoms with Crippen LogP contribution in [0.15, 0.2) is 82.8 Å². The first-order chi connectivity index (χ1) is 28.4. The van der Waals surface area contributed by atoms with Crippen molar-refractivity contribution < 1.29 is 4.79 Å². The second-order valence-electron chi connectivity index (χ2n) is 15.0. The highest BCUT2D eigenvalue weighted by molar-refractivity contribution is 7.80. The van der Waals surface area contributed by atoms with Gasteiger partial charge < -0.3 is 4.57 Å². The van der Waals surface area contributed by atoms with E-state index < -0.39 is 11.2 Å². The van der Waals surface area contributed by atoms with Crippen molar-refractivity contribution >= 4 is 63.8 Å². The summed E-state index contributed by atoms with van der Waals surface area (Å²) in [6, 6.07) is 30.5. The van der Waals surface area contributed by atoms with Crippen LogP contribution >= 0.6 is 35.3 Å². The maximum atomic E-state index is 14.3. The van der Waals surface area contributed by atoms with E-state index in [0.29, 0.717) is 15.9 Å². The molecule has 0 fully saturated rings. The van der Waals surface area contributed by atoms with Gasteiger partial charge >= 0.3 is 0 Å². The molecule has 8 nitrogen and oxygen atoms in total. The molecular formula is C48H31N7OS3. The van der Waals surface area contributed by atoms with Crippen LogP contribution in [0.2, 0.25) is 0 Å². The van der Waals surface area contributed by atoms with Gasteiger partial charge in [0.25, 0.3) is 0 Å². The molecule has 4 heterocycles. The lowest BCUT2D eigenvalue weighted by Gasteiger charge is -2.33. The maximum absolute atomic E-state index is 14.3. The Labute approximate surface area is 354 Å². The molecule has 0 N–H and O–H groups in total. The Hall–Kier alpha value is -6.86. The van der Waals surface area contributed by atoms with Gasteiger partial charge in [-0.3, -0.25) is 4.79 Å². The van der Waals surface area contributed by atoms with Crippen LogP contribution in [0.5, 0.6) is 0 Å². The third-order valence-electron chi connectivity index (χ3n) is 11.7. The van der Waals surface area contributed by atoms with Gasteiger partial charge in [0.1, 0.15) is 40.9 Å². The number of thiophene rings is 2. The summed E-state index contributed by atoms with van der Waals surface area (Å²) >= 11 is 8.35. The van der Waals surface area contributed by atoms with E-state index in [9.17, 15) is 25.8 Å². The second-order valence-corrected chi connectivity index (χ2v) is 17.5. The van der Waals surface area contributed by atoms with Gasteiger partial charge in [-0.1, -0.05) is 59.7 Å².